The van der Waals surface area contributed by atoms with Gasteiger partial charge in [-0.2, -0.15) is 0 Å². The summed E-state index contributed by atoms with van der Waals surface area (Å²) in [4.78, 5) is 13.2. The maximum Gasteiger partial charge on any atom is 0.173 e. The molecule has 5 nitrogen and oxygen atoms in total. The van der Waals surface area contributed by atoms with Gasteiger partial charge in [0.15, 0.2) is 5.60 Å². The number of alkyl halides is 1. The van der Waals surface area contributed by atoms with E-state index in [-0.39, 0.29) is 5.69 Å². The van der Waals surface area contributed by atoms with Gasteiger partial charge in [0.1, 0.15) is 6.67 Å². The maximum atomic E-state index is 13.9. The van der Waals surface area contributed by atoms with E-state index in [4.69, 9.17) is 11.6 Å². The molecule has 0 spiro atoms. The Bertz CT molecular complexity index is 1440. The molecule has 3 aromatic heterocycles. The van der Waals surface area contributed by atoms with E-state index in [1.54, 1.807) is 53.6 Å². The third-order valence-corrected chi connectivity index (χ3v) is 6.22. The fraction of sp³-hybridized carbons (Fsp3) is 0.115. The highest BCUT2D eigenvalue weighted by atomic mass is 35.5. The lowest BCUT2D eigenvalue weighted by atomic mass is 9.85. The molecule has 0 saturated carbocycles. The quantitative estimate of drug-likeness (QED) is 0.381. The molecule has 0 aliphatic rings. The highest BCUT2D eigenvalue weighted by Gasteiger charge is 2.38. The molecule has 7 heteroatoms. The van der Waals surface area contributed by atoms with E-state index in [0.29, 0.717) is 38.4 Å². The van der Waals surface area contributed by atoms with Crippen LogP contribution in [0.4, 0.5) is 4.39 Å². The van der Waals surface area contributed by atoms with Gasteiger partial charge in [0, 0.05) is 24.2 Å². The van der Waals surface area contributed by atoms with Crippen molar-refractivity contribution >= 4 is 22.5 Å². The molecule has 1 unspecified atom stereocenters. The van der Waals surface area contributed by atoms with Gasteiger partial charge in [0.05, 0.1) is 40.1 Å². The van der Waals surface area contributed by atoms with Gasteiger partial charge in [-0.1, -0.05) is 54.1 Å². The highest BCUT2D eigenvalue weighted by molar-refractivity contribution is 6.38. The van der Waals surface area contributed by atoms with Crippen LogP contribution < -0.4 is 0 Å². The number of halogens is 2. The smallest absolute Gasteiger partial charge is 0.173 e. The van der Waals surface area contributed by atoms with Crippen LogP contribution in [0.15, 0.2) is 85.5 Å². The van der Waals surface area contributed by atoms with Crippen LogP contribution in [0.1, 0.15) is 22.6 Å². The van der Waals surface area contributed by atoms with Crippen molar-refractivity contribution in [3.05, 3.63) is 113 Å². The van der Waals surface area contributed by atoms with Crippen molar-refractivity contribution < 1.29 is 9.50 Å². The number of fused-ring (bicyclic) bond motifs is 1. The summed E-state index contributed by atoms with van der Waals surface area (Å²) < 4.78 is 15.7. The van der Waals surface area contributed by atoms with E-state index < -0.39 is 12.3 Å². The first-order valence-electron chi connectivity index (χ1n) is 10.4. The van der Waals surface area contributed by atoms with Crippen molar-refractivity contribution in [1.29, 1.82) is 0 Å². The summed E-state index contributed by atoms with van der Waals surface area (Å²) in [7, 11) is 1.81. The molecular weight excluding hydrogens is 439 g/mol. The lowest BCUT2D eigenvalue weighted by Crippen LogP contribution is -2.32. The minimum Gasteiger partial charge on any atom is -0.373 e. The summed E-state index contributed by atoms with van der Waals surface area (Å²) in [6, 6.07) is 20.0. The van der Waals surface area contributed by atoms with Crippen molar-refractivity contribution in [3.63, 3.8) is 0 Å². The van der Waals surface area contributed by atoms with E-state index in [2.05, 4.69) is 15.0 Å². The predicted octanol–water partition coefficient (Wildman–Crippen LogP) is 5.44. The zero-order valence-electron chi connectivity index (χ0n) is 17.8. The summed E-state index contributed by atoms with van der Waals surface area (Å²) in [5.41, 5.74) is 2.10. The Balaban J connectivity index is 1.79. The minimum absolute atomic E-state index is 0.276. The van der Waals surface area contributed by atoms with Gasteiger partial charge in [0.2, 0.25) is 0 Å². The number of hydrogen-bond donors (Lipinski definition) is 1. The van der Waals surface area contributed by atoms with Crippen LogP contribution in [0.3, 0.4) is 0 Å². The van der Waals surface area contributed by atoms with Crippen LogP contribution in [0.5, 0.6) is 0 Å². The van der Waals surface area contributed by atoms with Gasteiger partial charge < -0.3 is 9.67 Å². The molecule has 0 aliphatic carbocycles. The third kappa shape index (κ3) is 3.48. The summed E-state index contributed by atoms with van der Waals surface area (Å²) >= 11 is 6.86. The van der Waals surface area contributed by atoms with Crippen LogP contribution in [0.2, 0.25) is 5.02 Å². The Hall–Kier alpha value is -3.61. The summed E-state index contributed by atoms with van der Waals surface area (Å²) in [5, 5.41) is 13.1. The molecule has 0 aliphatic heterocycles. The summed E-state index contributed by atoms with van der Waals surface area (Å²) in [6.07, 6.45) is 4.87. The lowest BCUT2D eigenvalue weighted by molar-refractivity contribution is 0.113. The fourth-order valence-electron chi connectivity index (χ4n) is 4.20. The van der Waals surface area contributed by atoms with Crippen molar-refractivity contribution in [1.82, 2.24) is 19.5 Å². The Kier molecular flexibility index (Phi) is 5.40. The number of rotatable bonds is 5. The second-order valence-electron chi connectivity index (χ2n) is 7.79. The Morgan fingerprint density at radius 1 is 1.06 bits per heavy atom. The molecule has 0 radical (unpaired) electrons. The average molecular weight is 459 g/mol. The van der Waals surface area contributed by atoms with E-state index in [1.807, 2.05) is 43.4 Å². The van der Waals surface area contributed by atoms with Crippen molar-refractivity contribution in [2.75, 3.05) is 0 Å². The second-order valence-corrected chi connectivity index (χ2v) is 8.17. The highest BCUT2D eigenvalue weighted by Crippen LogP contribution is 2.40. The molecule has 0 fully saturated rings. The van der Waals surface area contributed by atoms with Gasteiger partial charge in [-0.05, 0) is 35.4 Å². The van der Waals surface area contributed by atoms with Crippen LogP contribution in [-0.2, 0) is 19.3 Å². The SMILES string of the molecule is Cn1cncc1C(O)(c1ccc2nc(CF)c(-c3ccccc3)c(Cl)c2c1)c1ccccn1. The molecule has 164 valence electrons. The van der Waals surface area contributed by atoms with Crippen LogP contribution >= 0.6 is 11.6 Å². The molecule has 33 heavy (non-hydrogen) atoms. The Morgan fingerprint density at radius 3 is 2.52 bits per heavy atom. The standard InChI is InChI=1S/C26H20ClFN4O/c1-32-16-29-15-23(32)26(33,22-9-5-6-12-30-22)18-10-11-20-19(13-18)25(27)24(21(14-28)31-20)17-7-3-2-4-8-17/h2-13,15-16,33H,14H2,1H3. The van der Waals surface area contributed by atoms with Gasteiger partial charge in [-0.15, -0.1) is 0 Å². The molecule has 0 amide bonds. The van der Waals surface area contributed by atoms with Gasteiger partial charge >= 0.3 is 0 Å². The van der Waals surface area contributed by atoms with E-state index in [0.717, 1.165) is 5.56 Å². The first-order valence-corrected chi connectivity index (χ1v) is 10.8. The number of aryl methyl sites for hydroxylation is 1. The monoisotopic (exact) mass is 458 g/mol. The van der Waals surface area contributed by atoms with Crippen LogP contribution in [-0.4, -0.2) is 24.6 Å². The molecule has 5 aromatic rings. The molecule has 0 bridgehead atoms. The molecule has 0 saturated heterocycles. The van der Waals surface area contributed by atoms with Crippen molar-refractivity contribution in [2.24, 2.45) is 7.05 Å². The number of imidazole rings is 1. The summed E-state index contributed by atoms with van der Waals surface area (Å²) in [6.45, 7) is -0.742. The number of nitrogens with zero attached hydrogens (tertiary/aromatic N) is 4. The van der Waals surface area contributed by atoms with Gasteiger partial charge in [0.25, 0.3) is 0 Å². The molecule has 1 N–H and O–H groups in total. The number of pyridine rings is 2. The average Bonchev–Trinajstić information content (AvgIpc) is 3.30. The number of benzene rings is 2. The van der Waals surface area contributed by atoms with E-state index in [1.165, 1.54) is 0 Å². The largest absolute Gasteiger partial charge is 0.373 e. The van der Waals surface area contributed by atoms with E-state index >= 15 is 0 Å². The summed E-state index contributed by atoms with van der Waals surface area (Å²) in [5.74, 6) is 0. The molecule has 2 aromatic carbocycles. The number of aliphatic hydroxyl groups is 1. The third-order valence-electron chi connectivity index (χ3n) is 5.83. The molecular formula is C26H20ClFN4O. The molecule has 5 rings (SSSR count). The maximum absolute atomic E-state index is 13.9. The fourth-order valence-corrected chi connectivity index (χ4v) is 4.57. The zero-order chi connectivity index (χ0) is 23.0. The predicted molar refractivity (Wildman–Crippen MR) is 127 cm³/mol. The first-order chi connectivity index (χ1) is 16.0. The minimum atomic E-state index is -1.59. The lowest BCUT2D eigenvalue weighted by Gasteiger charge is -2.29. The zero-order valence-corrected chi connectivity index (χ0v) is 18.5. The van der Waals surface area contributed by atoms with Crippen LogP contribution in [0.25, 0.3) is 22.0 Å². The van der Waals surface area contributed by atoms with Crippen molar-refractivity contribution in [2.45, 2.75) is 12.3 Å². The van der Waals surface area contributed by atoms with Crippen LogP contribution in [0, 0.1) is 0 Å². The first kappa shape index (κ1) is 21.2. The Labute approximate surface area is 195 Å². The second kappa shape index (κ2) is 8.39. The topological polar surface area (TPSA) is 63.8 Å². The van der Waals surface area contributed by atoms with Crippen molar-refractivity contribution in [3.8, 4) is 11.1 Å². The number of hydrogen-bond acceptors (Lipinski definition) is 4. The molecule has 1 atom stereocenters. The van der Waals surface area contributed by atoms with E-state index in [9.17, 15) is 9.50 Å². The van der Waals surface area contributed by atoms with Gasteiger partial charge in [-0.3, -0.25) is 4.98 Å². The van der Waals surface area contributed by atoms with Gasteiger partial charge in [-0.25, -0.2) is 14.4 Å². The Morgan fingerprint density at radius 2 is 1.85 bits per heavy atom. The molecule has 3 heterocycles. The number of aromatic nitrogens is 4. The normalized spacial score (nSPS) is 13.2.